The number of phosphoric ester groups is 1. The van der Waals surface area contributed by atoms with Crippen LogP contribution < -0.4 is 4.89 Å². The van der Waals surface area contributed by atoms with Gasteiger partial charge in [-0.15, -0.1) is 0 Å². The number of carbonyl (C=O) groups excluding carboxylic acids is 1. The first-order valence-electron chi connectivity index (χ1n) is 21.3. The minimum Gasteiger partial charge on any atom is -0.756 e. The van der Waals surface area contributed by atoms with Gasteiger partial charge in [-0.1, -0.05) is 137 Å². The molecule has 2 atom stereocenters. The standard InChI is InChI=1S/C46H80NO7P/c1-6-8-10-12-14-16-18-20-22-23-24-25-26-27-29-31-33-35-37-39-46(48)54-45(44-53-55(49,50)52-42-40-47(3,4)5)43-51-41-38-36-34-32-30-28-21-19-17-15-13-11-9-7-2/h9,11,14-17,20-22,24-25,28,32,34,45H,6-8,10,12-13,18-19,23,26-27,29-31,33,35-44H2,1-5H3/b11-9-,16-14-,17-15-,22-20-,25-24-,28-21-,34-32-. The van der Waals surface area contributed by atoms with Gasteiger partial charge in [-0.25, -0.2) is 0 Å². The van der Waals surface area contributed by atoms with E-state index in [-0.39, 0.29) is 32.2 Å². The van der Waals surface area contributed by atoms with E-state index in [0.29, 0.717) is 17.6 Å². The Kier molecular flexibility index (Phi) is 36.9. The predicted molar refractivity (Wildman–Crippen MR) is 231 cm³/mol. The molecule has 0 spiro atoms. The summed E-state index contributed by atoms with van der Waals surface area (Å²) in [6, 6.07) is 0. The summed E-state index contributed by atoms with van der Waals surface area (Å²) < 4.78 is 34.4. The van der Waals surface area contributed by atoms with E-state index >= 15 is 0 Å². The van der Waals surface area contributed by atoms with Gasteiger partial charge >= 0.3 is 5.97 Å². The molecule has 55 heavy (non-hydrogen) atoms. The number of likely N-dealkylation sites (N-methyl/N-ethyl adjacent to an activating group) is 1. The Hall–Kier alpha value is -2.32. The van der Waals surface area contributed by atoms with Crippen molar-refractivity contribution in [3.05, 3.63) is 85.1 Å². The third-order valence-corrected chi connectivity index (χ3v) is 9.39. The third-order valence-electron chi connectivity index (χ3n) is 8.43. The third kappa shape index (κ3) is 42.7. The summed E-state index contributed by atoms with van der Waals surface area (Å²) in [5.74, 6) is -0.370. The average molecular weight is 790 g/mol. The van der Waals surface area contributed by atoms with Crippen LogP contribution in [0.25, 0.3) is 0 Å². The molecular weight excluding hydrogens is 709 g/mol. The lowest BCUT2D eigenvalue weighted by Crippen LogP contribution is -2.37. The first kappa shape index (κ1) is 52.7. The van der Waals surface area contributed by atoms with E-state index in [1.165, 1.54) is 38.5 Å². The van der Waals surface area contributed by atoms with E-state index in [4.69, 9.17) is 18.5 Å². The van der Waals surface area contributed by atoms with Crippen molar-refractivity contribution in [2.75, 3.05) is 54.1 Å². The highest BCUT2D eigenvalue weighted by Gasteiger charge is 2.20. The van der Waals surface area contributed by atoms with Gasteiger partial charge in [0.2, 0.25) is 0 Å². The highest BCUT2D eigenvalue weighted by molar-refractivity contribution is 7.45. The van der Waals surface area contributed by atoms with Crippen molar-refractivity contribution in [3.63, 3.8) is 0 Å². The number of phosphoric acid groups is 1. The smallest absolute Gasteiger partial charge is 0.306 e. The number of hydrogen-bond acceptors (Lipinski definition) is 7. The number of hydrogen-bond donors (Lipinski definition) is 0. The summed E-state index contributed by atoms with van der Waals surface area (Å²) in [5, 5.41) is 0. The van der Waals surface area contributed by atoms with E-state index < -0.39 is 13.9 Å². The minimum absolute atomic E-state index is 0.00833. The highest BCUT2D eigenvalue weighted by atomic mass is 31.2. The monoisotopic (exact) mass is 790 g/mol. The van der Waals surface area contributed by atoms with Crippen LogP contribution in [0.15, 0.2) is 85.1 Å². The number of ether oxygens (including phenoxy) is 2. The van der Waals surface area contributed by atoms with Gasteiger partial charge in [-0.3, -0.25) is 9.36 Å². The van der Waals surface area contributed by atoms with Crippen molar-refractivity contribution in [1.29, 1.82) is 0 Å². The fraction of sp³-hybridized carbons (Fsp3) is 0.674. The van der Waals surface area contributed by atoms with Crippen molar-refractivity contribution in [3.8, 4) is 0 Å². The number of unbranched alkanes of at least 4 members (excludes halogenated alkanes) is 10. The predicted octanol–water partition coefficient (Wildman–Crippen LogP) is 11.9. The van der Waals surface area contributed by atoms with Crippen molar-refractivity contribution >= 4 is 13.8 Å². The lowest BCUT2D eigenvalue weighted by Gasteiger charge is -2.28. The Morgan fingerprint density at radius 3 is 1.58 bits per heavy atom. The van der Waals surface area contributed by atoms with Crippen LogP contribution in [0, 0.1) is 0 Å². The zero-order valence-electron chi connectivity index (χ0n) is 35.6. The molecule has 0 aromatic rings. The van der Waals surface area contributed by atoms with Gasteiger partial charge in [0.1, 0.15) is 19.3 Å². The van der Waals surface area contributed by atoms with Crippen LogP contribution in [0.2, 0.25) is 0 Å². The molecule has 0 rings (SSSR count). The normalized spacial score (nSPS) is 14.7. The number of allylic oxidation sites excluding steroid dienone is 14. The number of esters is 1. The molecule has 0 saturated heterocycles. The molecular formula is C46H80NO7P. The summed E-state index contributed by atoms with van der Waals surface area (Å²) in [5.41, 5.74) is 0. The second-order valence-corrected chi connectivity index (χ2v) is 16.4. The van der Waals surface area contributed by atoms with Gasteiger partial charge in [0.25, 0.3) is 7.82 Å². The maximum atomic E-state index is 12.7. The Balaban J connectivity index is 4.37. The van der Waals surface area contributed by atoms with Crippen LogP contribution in [0.4, 0.5) is 0 Å². The van der Waals surface area contributed by atoms with Gasteiger partial charge in [-0.2, -0.15) is 0 Å². The maximum absolute atomic E-state index is 12.7. The topological polar surface area (TPSA) is 94.1 Å². The summed E-state index contributed by atoms with van der Waals surface area (Å²) in [6.07, 6.45) is 50.4. The first-order valence-corrected chi connectivity index (χ1v) is 22.8. The fourth-order valence-electron chi connectivity index (χ4n) is 5.14. The Morgan fingerprint density at radius 1 is 0.582 bits per heavy atom. The lowest BCUT2D eigenvalue weighted by molar-refractivity contribution is -0.870. The number of carbonyl (C=O) groups is 1. The second-order valence-electron chi connectivity index (χ2n) is 15.0. The van der Waals surface area contributed by atoms with Gasteiger partial charge < -0.3 is 27.9 Å². The summed E-state index contributed by atoms with van der Waals surface area (Å²) >= 11 is 0. The van der Waals surface area contributed by atoms with Crippen LogP contribution >= 0.6 is 7.82 Å². The zero-order valence-corrected chi connectivity index (χ0v) is 36.5. The summed E-state index contributed by atoms with van der Waals surface area (Å²) in [6.45, 7) is 5.07. The van der Waals surface area contributed by atoms with Gasteiger partial charge in [0.15, 0.2) is 0 Å². The molecule has 0 aromatic carbocycles. The second kappa shape index (κ2) is 38.5. The molecule has 0 bridgehead atoms. The Bertz CT molecular complexity index is 1150. The molecule has 0 saturated carbocycles. The minimum atomic E-state index is -4.55. The summed E-state index contributed by atoms with van der Waals surface area (Å²) in [7, 11) is 1.30. The zero-order chi connectivity index (χ0) is 40.6. The van der Waals surface area contributed by atoms with E-state index in [9.17, 15) is 14.3 Å². The van der Waals surface area contributed by atoms with Crippen LogP contribution in [0.5, 0.6) is 0 Å². The molecule has 0 heterocycles. The molecule has 0 aliphatic heterocycles. The lowest BCUT2D eigenvalue weighted by atomic mass is 10.1. The molecule has 0 aliphatic rings. The average Bonchev–Trinajstić information content (AvgIpc) is 3.13. The van der Waals surface area contributed by atoms with Gasteiger partial charge in [0.05, 0.1) is 34.4 Å². The van der Waals surface area contributed by atoms with Crippen LogP contribution in [0.1, 0.15) is 142 Å². The highest BCUT2D eigenvalue weighted by Crippen LogP contribution is 2.38. The Labute approximate surface area is 337 Å². The van der Waals surface area contributed by atoms with Gasteiger partial charge in [0, 0.05) is 13.0 Å². The molecule has 0 amide bonds. The molecule has 316 valence electrons. The van der Waals surface area contributed by atoms with Crippen molar-refractivity contribution in [1.82, 2.24) is 0 Å². The maximum Gasteiger partial charge on any atom is 0.306 e. The van der Waals surface area contributed by atoms with Crippen LogP contribution in [-0.4, -0.2) is 70.7 Å². The SMILES string of the molecule is CC/C=C\C/C=C\C/C=C\C/C=C\CCCOCC(COP(=O)([O-])OCC[N+](C)(C)C)OC(=O)CCCCCCCC/C=C\C/C=C\C/C=C\CCCCC. The van der Waals surface area contributed by atoms with E-state index in [1.54, 1.807) is 0 Å². The van der Waals surface area contributed by atoms with Gasteiger partial charge in [-0.05, 0) is 83.5 Å². The van der Waals surface area contributed by atoms with E-state index in [0.717, 1.165) is 83.5 Å². The van der Waals surface area contributed by atoms with E-state index in [2.05, 4.69) is 98.9 Å². The fourth-order valence-corrected chi connectivity index (χ4v) is 5.87. The number of quaternary nitrogens is 1. The molecule has 0 N–H and O–H groups in total. The molecule has 0 radical (unpaired) electrons. The molecule has 0 aromatic heterocycles. The molecule has 0 aliphatic carbocycles. The first-order chi connectivity index (χ1) is 26.6. The Morgan fingerprint density at radius 2 is 1.05 bits per heavy atom. The van der Waals surface area contributed by atoms with Crippen molar-refractivity contribution in [2.24, 2.45) is 0 Å². The summed E-state index contributed by atoms with van der Waals surface area (Å²) in [4.78, 5) is 25.0. The molecule has 0 fully saturated rings. The van der Waals surface area contributed by atoms with Crippen LogP contribution in [-0.2, 0) is 27.9 Å². The quantitative estimate of drug-likeness (QED) is 0.0202. The molecule has 9 heteroatoms. The number of rotatable bonds is 38. The van der Waals surface area contributed by atoms with E-state index in [1.807, 2.05) is 21.1 Å². The number of nitrogens with zero attached hydrogens (tertiary/aromatic N) is 1. The molecule has 2 unspecified atom stereocenters. The molecule has 8 nitrogen and oxygen atoms in total. The van der Waals surface area contributed by atoms with Crippen LogP contribution in [0.3, 0.4) is 0 Å². The van der Waals surface area contributed by atoms with Crippen molar-refractivity contribution < 1.29 is 37.3 Å². The van der Waals surface area contributed by atoms with Crippen molar-refractivity contribution in [2.45, 2.75) is 148 Å². The largest absolute Gasteiger partial charge is 0.756 e.